The zero-order valence-electron chi connectivity index (χ0n) is 11.6. The summed E-state index contributed by atoms with van der Waals surface area (Å²) >= 11 is 0. The van der Waals surface area contributed by atoms with E-state index in [0.717, 1.165) is 42.0 Å². The smallest absolute Gasteiger partial charge is 0.247 e. The van der Waals surface area contributed by atoms with E-state index in [9.17, 15) is 4.79 Å². The monoisotopic (exact) mass is 270 g/mol. The predicted molar refractivity (Wildman–Crippen MR) is 79.4 cm³/mol. The molecule has 0 radical (unpaired) electrons. The molecule has 1 heterocycles. The number of nitrogens with one attached hydrogen (secondary N) is 1. The van der Waals surface area contributed by atoms with Crippen molar-refractivity contribution < 1.29 is 9.32 Å². The van der Waals surface area contributed by atoms with Crippen LogP contribution in [0.3, 0.4) is 0 Å². The Labute approximate surface area is 118 Å². The molecule has 2 rings (SSSR count). The Balaban J connectivity index is 2.07. The van der Waals surface area contributed by atoms with E-state index in [1.807, 2.05) is 30.3 Å². The molecule has 0 spiro atoms. The van der Waals surface area contributed by atoms with Crippen LogP contribution in [-0.2, 0) is 11.2 Å². The summed E-state index contributed by atoms with van der Waals surface area (Å²) in [6.07, 6.45) is 4.39. The molecule has 104 valence electrons. The molecule has 1 aromatic carbocycles. The van der Waals surface area contributed by atoms with Crippen LogP contribution in [0.25, 0.3) is 11.3 Å². The van der Waals surface area contributed by atoms with Gasteiger partial charge in [-0.3, -0.25) is 4.79 Å². The maximum absolute atomic E-state index is 11.2. The minimum absolute atomic E-state index is 0.221. The SMILES string of the molecule is C=CC(=O)Nc1ccc(-c2cc(CCCC)on2)cc1. The zero-order valence-corrected chi connectivity index (χ0v) is 11.6. The van der Waals surface area contributed by atoms with E-state index < -0.39 is 0 Å². The molecule has 0 aliphatic carbocycles. The Hall–Kier alpha value is -2.36. The van der Waals surface area contributed by atoms with Gasteiger partial charge in [0.05, 0.1) is 0 Å². The van der Waals surface area contributed by atoms with Crippen LogP contribution in [0, 0.1) is 0 Å². The van der Waals surface area contributed by atoms with Gasteiger partial charge >= 0.3 is 0 Å². The first-order chi connectivity index (χ1) is 9.72. The van der Waals surface area contributed by atoms with Crippen LogP contribution in [0.15, 0.2) is 47.5 Å². The highest BCUT2D eigenvalue weighted by atomic mass is 16.5. The summed E-state index contributed by atoms with van der Waals surface area (Å²) in [5, 5.41) is 6.77. The van der Waals surface area contributed by atoms with Crippen LogP contribution in [0.5, 0.6) is 0 Å². The first-order valence-corrected chi connectivity index (χ1v) is 6.72. The van der Waals surface area contributed by atoms with Gasteiger partial charge in [0.15, 0.2) is 0 Å². The van der Waals surface area contributed by atoms with E-state index >= 15 is 0 Å². The highest BCUT2D eigenvalue weighted by molar-refractivity contribution is 5.98. The first kappa shape index (κ1) is 14.1. The van der Waals surface area contributed by atoms with E-state index in [-0.39, 0.29) is 5.91 Å². The number of carbonyl (C=O) groups excluding carboxylic acids is 1. The summed E-state index contributed by atoms with van der Waals surface area (Å²) in [6, 6.07) is 9.43. The molecule has 0 saturated heterocycles. The van der Waals surface area contributed by atoms with E-state index in [0.29, 0.717) is 0 Å². The van der Waals surface area contributed by atoms with Gasteiger partial charge in [0.2, 0.25) is 5.91 Å². The number of rotatable bonds is 6. The number of amides is 1. The molecule has 4 heteroatoms. The fourth-order valence-corrected chi connectivity index (χ4v) is 1.84. The van der Waals surface area contributed by atoms with Gasteiger partial charge in [-0.2, -0.15) is 0 Å². The van der Waals surface area contributed by atoms with Crippen molar-refractivity contribution in [2.24, 2.45) is 0 Å². The van der Waals surface area contributed by atoms with Crippen molar-refractivity contribution in [2.75, 3.05) is 5.32 Å². The number of unbranched alkanes of at least 4 members (excludes halogenated alkanes) is 1. The number of benzene rings is 1. The van der Waals surface area contributed by atoms with Crippen LogP contribution in [0.2, 0.25) is 0 Å². The van der Waals surface area contributed by atoms with Crippen molar-refractivity contribution in [3.05, 3.63) is 48.7 Å². The summed E-state index contributed by atoms with van der Waals surface area (Å²) in [6.45, 7) is 5.56. The molecular formula is C16H18N2O2. The molecular weight excluding hydrogens is 252 g/mol. The van der Waals surface area contributed by atoms with Crippen LogP contribution in [-0.4, -0.2) is 11.1 Å². The molecule has 0 fully saturated rings. The highest BCUT2D eigenvalue weighted by Crippen LogP contribution is 2.22. The summed E-state index contributed by atoms with van der Waals surface area (Å²) in [5.74, 6) is 0.687. The summed E-state index contributed by atoms with van der Waals surface area (Å²) in [7, 11) is 0. The maximum Gasteiger partial charge on any atom is 0.247 e. The second-order valence-electron chi connectivity index (χ2n) is 4.55. The van der Waals surface area contributed by atoms with Crippen molar-refractivity contribution in [3.8, 4) is 11.3 Å². The van der Waals surface area contributed by atoms with Gasteiger partial charge in [0.1, 0.15) is 11.5 Å². The van der Waals surface area contributed by atoms with Crippen LogP contribution in [0.1, 0.15) is 25.5 Å². The molecule has 1 aromatic heterocycles. The lowest BCUT2D eigenvalue weighted by Gasteiger charge is -2.02. The molecule has 1 N–H and O–H groups in total. The minimum Gasteiger partial charge on any atom is -0.361 e. The molecule has 0 bridgehead atoms. The van der Waals surface area contributed by atoms with Crippen molar-refractivity contribution in [2.45, 2.75) is 26.2 Å². The molecule has 0 unspecified atom stereocenters. The van der Waals surface area contributed by atoms with E-state index in [1.165, 1.54) is 6.08 Å². The lowest BCUT2D eigenvalue weighted by atomic mass is 10.1. The van der Waals surface area contributed by atoms with E-state index in [1.54, 1.807) is 0 Å². The van der Waals surface area contributed by atoms with Crippen molar-refractivity contribution in [1.82, 2.24) is 5.16 Å². The maximum atomic E-state index is 11.2. The van der Waals surface area contributed by atoms with Gasteiger partial charge in [0, 0.05) is 23.7 Å². The topological polar surface area (TPSA) is 55.1 Å². The minimum atomic E-state index is -0.221. The number of carbonyl (C=O) groups is 1. The summed E-state index contributed by atoms with van der Waals surface area (Å²) < 4.78 is 5.30. The normalized spacial score (nSPS) is 10.2. The molecule has 0 atom stereocenters. The number of nitrogens with zero attached hydrogens (tertiary/aromatic N) is 1. The molecule has 1 amide bonds. The van der Waals surface area contributed by atoms with Crippen molar-refractivity contribution >= 4 is 11.6 Å². The lowest BCUT2D eigenvalue weighted by Crippen LogP contribution is -2.06. The molecule has 4 nitrogen and oxygen atoms in total. The number of aromatic nitrogens is 1. The second kappa shape index (κ2) is 6.70. The highest BCUT2D eigenvalue weighted by Gasteiger charge is 2.06. The third-order valence-corrected chi connectivity index (χ3v) is 2.97. The van der Waals surface area contributed by atoms with E-state index in [2.05, 4.69) is 24.0 Å². The van der Waals surface area contributed by atoms with Gasteiger partial charge in [-0.25, -0.2) is 0 Å². The number of anilines is 1. The molecule has 20 heavy (non-hydrogen) atoms. The van der Waals surface area contributed by atoms with Crippen LogP contribution < -0.4 is 5.32 Å². The van der Waals surface area contributed by atoms with Crippen molar-refractivity contribution in [1.29, 1.82) is 0 Å². The lowest BCUT2D eigenvalue weighted by molar-refractivity contribution is -0.111. The van der Waals surface area contributed by atoms with Crippen molar-refractivity contribution in [3.63, 3.8) is 0 Å². The Morgan fingerprint density at radius 1 is 1.40 bits per heavy atom. The average Bonchev–Trinajstić information content (AvgIpc) is 2.94. The predicted octanol–water partition coefficient (Wildman–Crippen LogP) is 3.81. The van der Waals surface area contributed by atoms with Crippen LogP contribution >= 0.6 is 0 Å². The van der Waals surface area contributed by atoms with Gasteiger partial charge in [-0.05, 0) is 24.6 Å². The number of hydrogen-bond donors (Lipinski definition) is 1. The molecule has 0 aliphatic heterocycles. The Morgan fingerprint density at radius 2 is 2.15 bits per heavy atom. The Bertz CT molecular complexity index is 585. The molecule has 0 saturated carbocycles. The second-order valence-corrected chi connectivity index (χ2v) is 4.55. The molecule has 0 aliphatic rings. The number of aryl methyl sites for hydroxylation is 1. The third-order valence-electron chi connectivity index (χ3n) is 2.97. The van der Waals surface area contributed by atoms with Gasteiger partial charge in [0.25, 0.3) is 0 Å². The largest absolute Gasteiger partial charge is 0.361 e. The standard InChI is InChI=1S/C16H18N2O2/c1-3-5-6-14-11-15(18-20-14)12-7-9-13(10-8-12)17-16(19)4-2/h4,7-11H,2-3,5-6H2,1H3,(H,17,19). The van der Waals surface area contributed by atoms with Gasteiger partial charge < -0.3 is 9.84 Å². The van der Waals surface area contributed by atoms with E-state index in [4.69, 9.17) is 4.52 Å². The first-order valence-electron chi connectivity index (χ1n) is 6.72. The fraction of sp³-hybridized carbons (Fsp3) is 0.250. The Kier molecular flexibility index (Phi) is 4.71. The van der Waals surface area contributed by atoms with Gasteiger partial charge in [-0.15, -0.1) is 0 Å². The quantitative estimate of drug-likeness (QED) is 0.812. The summed E-state index contributed by atoms with van der Waals surface area (Å²) in [4.78, 5) is 11.2. The zero-order chi connectivity index (χ0) is 14.4. The fourth-order valence-electron chi connectivity index (χ4n) is 1.84. The average molecular weight is 270 g/mol. The molecule has 2 aromatic rings. The number of hydrogen-bond acceptors (Lipinski definition) is 3. The Morgan fingerprint density at radius 3 is 2.80 bits per heavy atom. The van der Waals surface area contributed by atoms with Crippen LogP contribution in [0.4, 0.5) is 5.69 Å². The van der Waals surface area contributed by atoms with Gasteiger partial charge in [-0.1, -0.05) is 37.2 Å². The third kappa shape index (κ3) is 3.57. The summed E-state index contributed by atoms with van der Waals surface area (Å²) in [5.41, 5.74) is 2.51.